The van der Waals surface area contributed by atoms with Crippen LogP contribution in [0, 0.1) is 5.92 Å². The van der Waals surface area contributed by atoms with Crippen molar-refractivity contribution in [1.82, 2.24) is 4.90 Å². The third kappa shape index (κ3) is 3.53. The molecule has 0 N–H and O–H groups in total. The summed E-state index contributed by atoms with van der Waals surface area (Å²) in [5, 5.41) is -0.579. The zero-order chi connectivity index (χ0) is 12.1. The van der Waals surface area contributed by atoms with Crippen molar-refractivity contribution in [3.8, 4) is 0 Å². The monoisotopic (exact) mass is 239 g/mol. The maximum atomic E-state index is 12.0. The minimum absolute atomic E-state index is 0.0402. The Balaban J connectivity index is 2.67. The van der Waals surface area contributed by atoms with Gasteiger partial charge in [-0.2, -0.15) is 0 Å². The van der Waals surface area contributed by atoms with Gasteiger partial charge in [0.2, 0.25) is 5.91 Å². The molecule has 16 heavy (non-hydrogen) atoms. The van der Waals surface area contributed by atoms with Gasteiger partial charge < -0.3 is 4.90 Å². The Morgan fingerprint density at radius 3 is 2.38 bits per heavy atom. The minimum atomic E-state index is -0.579. The fraction of sp³-hybridized carbons (Fsp3) is 0.462. The molecule has 0 heterocycles. The lowest BCUT2D eigenvalue weighted by Gasteiger charge is -2.22. The van der Waals surface area contributed by atoms with Gasteiger partial charge in [-0.05, 0) is 11.5 Å². The molecule has 1 rings (SSSR count). The second-order valence-electron chi connectivity index (χ2n) is 4.39. The van der Waals surface area contributed by atoms with Crippen molar-refractivity contribution in [2.24, 2.45) is 5.92 Å². The maximum Gasteiger partial charge on any atom is 0.244 e. The molecule has 1 aromatic rings. The fourth-order valence-corrected chi connectivity index (χ4v) is 1.91. The molecule has 0 bridgehead atoms. The van der Waals surface area contributed by atoms with Crippen LogP contribution < -0.4 is 0 Å². The molecule has 0 radical (unpaired) electrons. The Hall–Kier alpha value is -1.02. The molecule has 0 saturated carbocycles. The Kier molecular flexibility index (Phi) is 4.81. The van der Waals surface area contributed by atoms with Gasteiger partial charge in [-0.1, -0.05) is 44.2 Å². The summed E-state index contributed by atoms with van der Waals surface area (Å²) in [6.45, 7) is 4.89. The highest BCUT2D eigenvalue weighted by atomic mass is 35.5. The summed E-state index contributed by atoms with van der Waals surface area (Å²) in [5.41, 5.74) is 0.852. The summed E-state index contributed by atoms with van der Waals surface area (Å²) >= 11 is 6.14. The molecule has 88 valence electrons. The van der Waals surface area contributed by atoms with Gasteiger partial charge in [-0.25, -0.2) is 0 Å². The molecule has 0 aliphatic carbocycles. The lowest BCUT2D eigenvalue weighted by atomic mass is 10.1. The lowest BCUT2D eigenvalue weighted by molar-refractivity contribution is -0.130. The normalized spacial score (nSPS) is 12.6. The first-order valence-corrected chi connectivity index (χ1v) is 5.90. The summed E-state index contributed by atoms with van der Waals surface area (Å²) in [5.74, 6) is 0.412. The average molecular weight is 240 g/mol. The molecule has 0 spiro atoms. The van der Waals surface area contributed by atoms with Crippen LogP contribution in [0.1, 0.15) is 24.8 Å². The largest absolute Gasteiger partial charge is 0.344 e. The first-order chi connectivity index (χ1) is 7.52. The molecule has 0 aromatic heterocycles. The van der Waals surface area contributed by atoms with Gasteiger partial charge in [0, 0.05) is 13.6 Å². The highest BCUT2D eigenvalue weighted by molar-refractivity contribution is 6.30. The Bertz CT molecular complexity index is 337. The molecular weight excluding hydrogens is 222 g/mol. The zero-order valence-electron chi connectivity index (χ0n) is 9.98. The third-order valence-electron chi connectivity index (χ3n) is 2.32. The fourth-order valence-electron chi connectivity index (χ4n) is 1.60. The number of halogens is 1. The molecule has 2 nitrogen and oxygen atoms in total. The Morgan fingerprint density at radius 2 is 1.88 bits per heavy atom. The Labute approximate surface area is 102 Å². The summed E-state index contributed by atoms with van der Waals surface area (Å²) in [6.07, 6.45) is 0. The summed E-state index contributed by atoms with van der Waals surface area (Å²) in [4.78, 5) is 13.7. The van der Waals surface area contributed by atoms with Gasteiger partial charge in [0.1, 0.15) is 5.38 Å². The molecule has 0 fully saturated rings. The molecule has 0 aliphatic heterocycles. The van der Waals surface area contributed by atoms with Gasteiger partial charge >= 0.3 is 0 Å². The molecule has 1 atom stereocenters. The standard InChI is InChI=1S/C13H18ClNO/c1-10(2)9-15(3)13(16)12(14)11-7-5-4-6-8-11/h4-8,10,12H,9H2,1-3H3. The van der Waals surface area contributed by atoms with Crippen LogP contribution in [0.3, 0.4) is 0 Å². The number of amides is 1. The number of nitrogens with zero attached hydrogens (tertiary/aromatic N) is 1. The van der Waals surface area contributed by atoms with Gasteiger partial charge in [-0.15, -0.1) is 11.6 Å². The number of benzene rings is 1. The van der Waals surface area contributed by atoms with Crippen LogP contribution >= 0.6 is 11.6 Å². The first-order valence-electron chi connectivity index (χ1n) is 5.46. The topological polar surface area (TPSA) is 20.3 Å². The van der Waals surface area contributed by atoms with Crippen molar-refractivity contribution in [3.05, 3.63) is 35.9 Å². The van der Waals surface area contributed by atoms with E-state index in [4.69, 9.17) is 11.6 Å². The SMILES string of the molecule is CC(C)CN(C)C(=O)C(Cl)c1ccccc1. The predicted molar refractivity (Wildman–Crippen MR) is 67.5 cm³/mol. The number of hydrogen-bond donors (Lipinski definition) is 0. The van der Waals surface area contributed by atoms with E-state index in [0.717, 1.165) is 12.1 Å². The zero-order valence-corrected chi connectivity index (χ0v) is 10.7. The van der Waals surface area contributed by atoms with E-state index in [1.807, 2.05) is 30.3 Å². The second-order valence-corrected chi connectivity index (χ2v) is 4.82. The van der Waals surface area contributed by atoms with E-state index in [-0.39, 0.29) is 5.91 Å². The highest BCUT2D eigenvalue weighted by Crippen LogP contribution is 2.22. The summed E-state index contributed by atoms with van der Waals surface area (Å²) in [6, 6.07) is 9.44. The number of carbonyl (C=O) groups excluding carboxylic acids is 1. The van der Waals surface area contributed by atoms with Crippen LogP contribution in [0.4, 0.5) is 0 Å². The van der Waals surface area contributed by atoms with Crippen molar-refractivity contribution >= 4 is 17.5 Å². The van der Waals surface area contributed by atoms with Crippen molar-refractivity contribution in [2.75, 3.05) is 13.6 Å². The van der Waals surface area contributed by atoms with Crippen molar-refractivity contribution in [1.29, 1.82) is 0 Å². The quantitative estimate of drug-likeness (QED) is 0.740. The number of alkyl halides is 1. The van der Waals surface area contributed by atoms with E-state index in [1.54, 1.807) is 11.9 Å². The number of carbonyl (C=O) groups is 1. The molecule has 1 amide bonds. The smallest absolute Gasteiger partial charge is 0.244 e. The van der Waals surface area contributed by atoms with E-state index in [1.165, 1.54) is 0 Å². The highest BCUT2D eigenvalue weighted by Gasteiger charge is 2.21. The van der Waals surface area contributed by atoms with Crippen LogP contribution in [0.5, 0.6) is 0 Å². The van der Waals surface area contributed by atoms with Gasteiger partial charge in [0.05, 0.1) is 0 Å². The van der Waals surface area contributed by atoms with Crippen molar-refractivity contribution in [2.45, 2.75) is 19.2 Å². The van der Waals surface area contributed by atoms with Gasteiger partial charge in [0.25, 0.3) is 0 Å². The van der Waals surface area contributed by atoms with E-state index < -0.39 is 5.38 Å². The number of rotatable bonds is 4. The molecular formula is C13H18ClNO. The lowest BCUT2D eigenvalue weighted by Crippen LogP contribution is -2.32. The van der Waals surface area contributed by atoms with Crippen LogP contribution in [-0.4, -0.2) is 24.4 Å². The molecule has 1 unspecified atom stereocenters. The molecule has 1 aromatic carbocycles. The maximum absolute atomic E-state index is 12.0. The van der Waals surface area contributed by atoms with Crippen LogP contribution in [0.2, 0.25) is 0 Å². The van der Waals surface area contributed by atoms with E-state index in [2.05, 4.69) is 13.8 Å². The van der Waals surface area contributed by atoms with E-state index in [0.29, 0.717) is 5.92 Å². The average Bonchev–Trinajstić information content (AvgIpc) is 2.27. The van der Waals surface area contributed by atoms with Crippen LogP contribution in [-0.2, 0) is 4.79 Å². The van der Waals surface area contributed by atoms with Gasteiger partial charge in [0.15, 0.2) is 0 Å². The van der Waals surface area contributed by atoms with Crippen molar-refractivity contribution < 1.29 is 4.79 Å². The molecule has 0 aliphatic rings. The molecule has 0 saturated heterocycles. The summed E-state index contributed by atoms with van der Waals surface area (Å²) in [7, 11) is 1.79. The van der Waals surface area contributed by atoms with Crippen LogP contribution in [0.15, 0.2) is 30.3 Å². The third-order valence-corrected chi connectivity index (χ3v) is 2.76. The number of hydrogen-bond acceptors (Lipinski definition) is 1. The second kappa shape index (κ2) is 5.90. The van der Waals surface area contributed by atoms with E-state index in [9.17, 15) is 4.79 Å². The first kappa shape index (κ1) is 13.0. The summed E-state index contributed by atoms with van der Waals surface area (Å²) < 4.78 is 0. The van der Waals surface area contributed by atoms with Crippen molar-refractivity contribution in [3.63, 3.8) is 0 Å². The number of likely N-dealkylation sites (N-methyl/N-ethyl adjacent to an activating group) is 1. The molecule has 3 heteroatoms. The Morgan fingerprint density at radius 1 is 1.31 bits per heavy atom. The van der Waals surface area contributed by atoms with Crippen LogP contribution in [0.25, 0.3) is 0 Å². The van der Waals surface area contributed by atoms with Gasteiger partial charge in [-0.3, -0.25) is 4.79 Å². The minimum Gasteiger partial charge on any atom is -0.344 e. The van der Waals surface area contributed by atoms with E-state index >= 15 is 0 Å². The predicted octanol–water partition coefficient (Wildman–Crippen LogP) is 3.08.